The number of nitrogens with two attached hydrogens (primary N) is 1. The minimum atomic E-state index is -1.31. The van der Waals surface area contributed by atoms with Crippen LogP contribution in [0.3, 0.4) is 0 Å². The Balaban J connectivity index is 2.67. The molecular weight excluding hydrogens is 340 g/mol. The lowest BCUT2D eigenvalue weighted by atomic mass is 9.98. The Kier molecular flexibility index (Phi) is 7.85. The van der Waals surface area contributed by atoms with Crippen LogP contribution < -0.4 is 11.1 Å². The van der Waals surface area contributed by atoms with E-state index in [1.54, 1.807) is 27.7 Å². The molecule has 1 aromatic carbocycles. The standard InChI is InChI=1S/C18H28N2O6/c1-5-25-16(23)11-6-7-13(19)12(10-11)15(22)14(21)8-9-20-17(24)26-18(2,3)4/h6-7,10,14-15,21-22H,5,8-9,19H2,1-4H3,(H,20,24). The Labute approximate surface area is 153 Å². The van der Waals surface area contributed by atoms with Gasteiger partial charge in [0.1, 0.15) is 11.7 Å². The maximum absolute atomic E-state index is 11.8. The van der Waals surface area contributed by atoms with Crippen LogP contribution in [0.15, 0.2) is 18.2 Å². The van der Waals surface area contributed by atoms with E-state index in [0.717, 1.165) is 0 Å². The lowest BCUT2D eigenvalue weighted by Crippen LogP contribution is -2.34. The van der Waals surface area contributed by atoms with Gasteiger partial charge in [-0.3, -0.25) is 0 Å². The number of aliphatic hydroxyl groups is 2. The predicted molar refractivity (Wildman–Crippen MR) is 96.6 cm³/mol. The van der Waals surface area contributed by atoms with Gasteiger partial charge in [-0.25, -0.2) is 9.59 Å². The third-order valence-corrected chi connectivity index (χ3v) is 3.39. The molecule has 146 valence electrons. The number of rotatable bonds is 7. The first-order valence-corrected chi connectivity index (χ1v) is 8.44. The van der Waals surface area contributed by atoms with Crippen LogP contribution in [-0.4, -0.2) is 47.1 Å². The number of amides is 1. The van der Waals surface area contributed by atoms with E-state index in [2.05, 4.69) is 5.32 Å². The fourth-order valence-electron chi connectivity index (χ4n) is 2.17. The molecule has 0 saturated heterocycles. The molecule has 2 atom stereocenters. The highest BCUT2D eigenvalue weighted by Crippen LogP contribution is 2.26. The van der Waals surface area contributed by atoms with Crippen molar-refractivity contribution in [3.05, 3.63) is 29.3 Å². The van der Waals surface area contributed by atoms with Crippen molar-refractivity contribution in [2.24, 2.45) is 0 Å². The number of nitrogen functional groups attached to an aromatic ring is 1. The number of benzene rings is 1. The first-order valence-electron chi connectivity index (χ1n) is 8.44. The molecule has 5 N–H and O–H groups in total. The third-order valence-electron chi connectivity index (χ3n) is 3.39. The molecule has 1 amide bonds. The molecule has 0 bridgehead atoms. The number of aliphatic hydroxyl groups excluding tert-OH is 2. The Morgan fingerprint density at radius 1 is 1.27 bits per heavy atom. The van der Waals surface area contributed by atoms with Crippen LogP contribution in [0.1, 0.15) is 56.1 Å². The lowest BCUT2D eigenvalue weighted by molar-refractivity contribution is 0.0126. The maximum Gasteiger partial charge on any atom is 0.407 e. The summed E-state index contributed by atoms with van der Waals surface area (Å²) in [5.74, 6) is -0.540. The van der Waals surface area contributed by atoms with Crippen molar-refractivity contribution in [2.75, 3.05) is 18.9 Å². The van der Waals surface area contributed by atoms with Gasteiger partial charge in [0.05, 0.1) is 18.3 Å². The molecule has 26 heavy (non-hydrogen) atoms. The zero-order chi connectivity index (χ0) is 19.9. The monoisotopic (exact) mass is 368 g/mol. The van der Waals surface area contributed by atoms with Gasteiger partial charge in [-0.1, -0.05) is 0 Å². The van der Waals surface area contributed by atoms with E-state index in [1.165, 1.54) is 18.2 Å². The number of hydrogen-bond donors (Lipinski definition) is 4. The lowest BCUT2D eigenvalue weighted by Gasteiger charge is -2.22. The quantitative estimate of drug-likeness (QED) is 0.426. The number of carbonyl (C=O) groups is 2. The Bertz CT molecular complexity index is 627. The number of alkyl carbamates (subject to hydrolysis) is 1. The first-order chi connectivity index (χ1) is 12.0. The van der Waals surface area contributed by atoms with Crippen LogP contribution in [0.2, 0.25) is 0 Å². The number of anilines is 1. The minimum absolute atomic E-state index is 0.0729. The summed E-state index contributed by atoms with van der Waals surface area (Å²) in [6.07, 6.45) is -3.04. The van der Waals surface area contributed by atoms with Crippen molar-refractivity contribution < 1.29 is 29.3 Å². The fourth-order valence-corrected chi connectivity index (χ4v) is 2.17. The van der Waals surface area contributed by atoms with Gasteiger partial charge in [0.15, 0.2) is 0 Å². The topological polar surface area (TPSA) is 131 Å². The summed E-state index contributed by atoms with van der Waals surface area (Å²) in [7, 11) is 0. The Hall–Kier alpha value is -2.32. The fraction of sp³-hybridized carbons (Fsp3) is 0.556. The second kappa shape index (κ2) is 9.40. The highest BCUT2D eigenvalue weighted by atomic mass is 16.6. The Morgan fingerprint density at radius 3 is 2.50 bits per heavy atom. The van der Waals surface area contributed by atoms with E-state index in [4.69, 9.17) is 15.2 Å². The van der Waals surface area contributed by atoms with Crippen molar-refractivity contribution in [1.82, 2.24) is 5.32 Å². The molecule has 0 aliphatic rings. The highest BCUT2D eigenvalue weighted by Gasteiger charge is 2.23. The molecule has 0 heterocycles. The van der Waals surface area contributed by atoms with E-state index < -0.39 is 29.9 Å². The van der Waals surface area contributed by atoms with Gasteiger partial charge in [0, 0.05) is 17.8 Å². The van der Waals surface area contributed by atoms with E-state index >= 15 is 0 Å². The summed E-state index contributed by atoms with van der Waals surface area (Å²) in [5.41, 5.74) is 5.91. The van der Waals surface area contributed by atoms with E-state index in [1.807, 2.05) is 0 Å². The molecular formula is C18H28N2O6. The predicted octanol–water partition coefficient (Wildman–Crippen LogP) is 1.75. The summed E-state index contributed by atoms with van der Waals surface area (Å²) in [6, 6.07) is 4.35. The smallest absolute Gasteiger partial charge is 0.407 e. The second-order valence-corrected chi connectivity index (χ2v) is 6.79. The molecule has 8 heteroatoms. The van der Waals surface area contributed by atoms with Gasteiger partial charge in [-0.05, 0) is 52.3 Å². The van der Waals surface area contributed by atoms with Crippen molar-refractivity contribution in [2.45, 2.75) is 51.9 Å². The molecule has 0 saturated carbocycles. The average molecular weight is 368 g/mol. The van der Waals surface area contributed by atoms with E-state index in [-0.39, 0.29) is 36.4 Å². The molecule has 2 unspecified atom stereocenters. The first kappa shape index (κ1) is 21.7. The summed E-state index contributed by atoms with van der Waals surface area (Å²) < 4.78 is 9.99. The number of ether oxygens (including phenoxy) is 2. The van der Waals surface area contributed by atoms with Crippen LogP contribution in [0.25, 0.3) is 0 Å². The van der Waals surface area contributed by atoms with Gasteiger partial charge >= 0.3 is 12.1 Å². The molecule has 1 aromatic rings. The molecule has 0 fully saturated rings. The van der Waals surface area contributed by atoms with Gasteiger partial charge < -0.3 is 30.7 Å². The number of nitrogens with one attached hydrogen (secondary N) is 1. The zero-order valence-corrected chi connectivity index (χ0v) is 15.6. The van der Waals surface area contributed by atoms with Crippen molar-refractivity contribution in [3.63, 3.8) is 0 Å². The largest absolute Gasteiger partial charge is 0.462 e. The van der Waals surface area contributed by atoms with Crippen LogP contribution in [0, 0.1) is 0 Å². The van der Waals surface area contributed by atoms with Crippen LogP contribution in [-0.2, 0) is 9.47 Å². The van der Waals surface area contributed by atoms with Crippen LogP contribution in [0.5, 0.6) is 0 Å². The van der Waals surface area contributed by atoms with Gasteiger partial charge in [-0.2, -0.15) is 0 Å². The number of esters is 1. The Morgan fingerprint density at radius 2 is 1.92 bits per heavy atom. The molecule has 0 aliphatic heterocycles. The summed E-state index contributed by atoms with van der Waals surface area (Å²) >= 11 is 0. The third kappa shape index (κ3) is 6.89. The average Bonchev–Trinajstić information content (AvgIpc) is 2.53. The van der Waals surface area contributed by atoms with Gasteiger partial charge in [0.2, 0.25) is 0 Å². The van der Waals surface area contributed by atoms with E-state index in [9.17, 15) is 19.8 Å². The molecule has 0 aliphatic carbocycles. The van der Waals surface area contributed by atoms with Crippen molar-refractivity contribution in [1.29, 1.82) is 0 Å². The normalized spacial score (nSPS) is 13.6. The highest BCUT2D eigenvalue weighted by molar-refractivity contribution is 5.90. The zero-order valence-electron chi connectivity index (χ0n) is 15.6. The van der Waals surface area contributed by atoms with Gasteiger partial charge in [0.25, 0.3) is 0 Å². The van der Waals surface area contributed by atoms with Crippen LogP contribution in [0.4, 0.5) is 10.5 Å². The molecule has 0 radical (unpaired) electrons. The SMILES string of the molecule is CCOC(=O)c1ccc(N)c(C(O)C(O)CCNC(=O)OC(C)(C)C)c1. The summed E-state index contributed by atoms with van der Waals surface area (Å²) in [6.45, 7) is 7.23. The molecule has 8 nitrogen and oxygen atoms in total. The number of hydrogen-bond acceptors (Lipinski definition) is 7. The molecule has 0 spiro atoms. The molecule has 1 rings (SSSR count). The minimum Gasteiger partial charge on any atom is -0.462 e. The summed E-state index contributed by atoms with van der Waals surface area (Å²) in [4.78, 5) is 23.4. The second-order valence-electron chi connectivity index (χ2n) is 6.79. The summed E-state index contributed by atoms with van der Waals surface area (Å²) in [5, 5.41) is 23.0. The molecule has 0 aromatic heterocycles. The number of carbonyl (C=O) groups excluding carboxylic acids is 2. The van der Waals surface area contributed by atoms with Gasteiger partial charge in [-0.15, -0.1) is 0 Å². The van der Waals surface area contributed by atoms with Crippen molar-refractivity contribution in [3.8, 4) is 0 Å². The van der Waals surface area contributed by atoms with E-state index in [0.29, 0.717) is 0 Å². The van der Waals surface area contributed by atoms with Crippen molar-refractivity contribution >= 4 is 17.7 Å². The maximum atomic E-state index is 11.8. The van der Waals surface area contributed by atoms with Crippen LogP contribution >= 0.6 is 0 Å².